The molecule has 0 aliphatic heterocycles. The number of benzene rings is 1. The van der Waals surface area contributed by atoms with Gasteiger partial charge < -0.3 is 0 Å². The van der Waals surface area contributed by atoms with Crippen molar-refractivity contribution in [2.24, 2.45) is 0 Å². The summed E-state index contributed by atoms with van der Waals surface area (Å²) in [7, 11) is -4.05. The minimum Gasteiger partial charge on any atom is -0.299 e. The van der Waals surface area contributed by atoms with Gasteiger partial charge in [0.25, 0.3) is 0 Å². The third-order valence-electron chi connectivity index (χ3n) is 1.89. The van der Waals surface area contributed by atoms with Gasteiger partial charge in [-0.15, -0.1) is 0 Å². The Balaban J connectivity index is 3.21. The van der Waals surface area contributed by atoms with E-state index in [-0.39, 0.29) is 5.78 Å². The summed E-state index contributed by atoms with van der Waals surface area (Å²) in [5.41, 5.74) is -0.566. The van der Waals surface area contributed by atoms with Crippen LogP contribution in [0.3, 0.4) is 0 Å². The number of carbonyl (C=O) groups is 1. The molecule has 0 aliphatic rings. The highest BCUT2D eigenvalue weighted by molar-refractivity contribution is 7.89. The molecule has 7 heteroatoms. The summed E-state index contributed by atoms with van der Waals surface area (Å²) in [5.74, 6) is -1.30. The summed E-state index contributed by atoms with van der Waals surface area (Å²) in [4.78, 5) is 10.2. The molecule has 0 fully saturated rings. The molecule has 0 unspecified atom stereocenters. The van der Waals surface area contributed by atoms with Crippen molar-refractivity contribution in [2.45, 2.75) is 11.8 Å². The van der Waals surface area contributed by atoms with Crippen LogP contribution in [0.2, 0.25) is 0 Å². The maximum Gasteiger partial charge on any atom is 0.242 e. The molecule has 90 valence electrons. The van der Waals surface area contributed by atoms with Gasteiger partial charge in [0.15, 0.2) is 0 Å². The Morgan fingerprint density at radius 3 is 2.71 bits per heavy atom. The van der Waals surface area contributed by atoms with Gasteiger partial charge in [-0.05, 0) is 19.1 Å². The molecule has 17 heavy (non-hydrogen) atoms. The summed E-state index contributed by atoms with van der Waals surface area (Å²) >= 11 is 0. The van der Waals surface area contributed by atoms with Crippen molar-refractivity contribution in [1.82, 2.24) is 4.72 Å². The molecule has 0 heterocycles. The monoisotopic (exact) mass is 256 g/mol. The fourth-order valence-electron chi connectivity index (χ4n) is 1.11. The number of hydrogen-bond donors (Lipinski definition) is 1. The summed E-state index contributed by atoms with van der Waals surface area (Å²) < 4.78 is 38.6. The van der Waals surface area contributed by atoms with Crippen molar-refractivity contribution in [3.63, 3.8) is 0 Å². The van der Waals surface area contributed by atoms with Crippen molar-refractivity contribution in [3.05, 3.63) is 29.6 Å². The van der Waals surface area contributed by atoms with Gasteiger partial charge in [0.05, 0.1) is 6.54 Å². The normalized spacial score (nSPS) is 10.9. The molecular weight excluding hydrogens is 247 g/mol. The number of ketones is 1. The number of nitrogens with zero attached hydrogens (tertiary/aromatic N) is 1. The Morgan fingerprint density at radius 1 is 1.53 bits per heavy atom. The van der Waals surface area contributed by atoms with Crippen LogP contribution < -0.4 is 4.72 Å². The number of Topliss-reactive ketones (excluding diaryl/α,β-unsaturated/α-hetero) is 1. The van der Waals surface area contributed by atoms with Crippen molar-refractivity contribution in [1.29, 1.82) is 5.26 Å². The van der Waals surface area contributed by atoms with Crippen molar-refractivity contribution in [3.8, 4) is 6.07 Å². The lowest BCUT2D eigenvalue weighted by Crippen LogP contribution is -2.29. The zero-order chi connectivity index (χ0) is 13.1. The lowest BCUT2D eigenvalue weighted by molar-refractivity contribution is -0.115. The third-order valence-corrected chi connectivity index (χ3v) is 3.33. The van der Waals surface area contributed by atoms with E-state index in [1.54, 1.807) is 0 Å². The van der Waals surface area contributed by atoms with E-state index < -0.39 is 32.8 Å². The topological polar surface area (TPSA) is 87.0 Å². The molecule has 0 bridgehead atoms. The third kappa shape index (κ3) is 3.09. The van der Waals surface area contributed by atoms with Crippen LogP contribution in [-0.2, 0) is 14.8 Å². The molecule has 0 saturated carbocycles. The first-order chi connectivity index (χ1) is 7.88. The molecule has 0 spiro atoms. The summed E-state index contributed by atoms with van der Waals surface area (Å²) in [6, 6.07) is 4.75. The second-order valence-corrected chi connectivity index (χ2v) is 4.99. The number of nitriles is 1. The van der Waals surface area contributed by atoms with Gasteiger partial charge in [-0.25, -0.2) is 17.5 Å². The molecule has 5 nitrogen and oxygen atoms in total. The number of carbonyl (C=O) groups excluding carboxylic acids is 1. The van der Waals surface area contributed by atoms with Crippen LogP contribution in [0.4, 0.5) is 4.39 Å². The number of halogens is 1. The summed E-state index contributed by atoms with van der Waals surface area (Å²) in [6.45, 7) is 0.809. The molecule has 0 saturated heterocycles. The quantitative estimate of drug-likeness (QED) is 0.852. The van der Waals surface area contributed by atoms with Gasteiger partial charge in [0.2, 0.25) is 10.0 Å². The van der Waals surface area contributed by atoms with E-state index in [1.165, 1.54) is 19.1 Å². The van der Waals surface area contributed by atoms with E-state index in [0.29, 0.717) is 0 Å². The van der Waals surface area contributed by atoms with E-state index in [0.717, 1.165) is 12.1 Å². The van der Waals surface area contributed by atoms with Gasteiger partial charge in [-0.3, -0.25) is 4.79 Å². The van der Waals surface area contributed by atoms with Gasteiger partial charge in [-0.2, -0.15) is 5.26 Å². The highest BCUT2D eigenvalue weighted by Crippen LogP contribution is 2.17. The predicted molar refractivity (Wildman–Crippen MR) is 57.0 cm³/mol. The fraction of sp³-hybridized carbons (Fsp3) is 0.200. The van der Waals surface area contributed by atoms with Crippen molar-refractivity contribution >= 4 is 15.8 Å². The molecule has 1 rings (SSSR count). The van der Waals surface area contributed by atoms with E-state index in [4.69, 9.17) is 5.26 Å². The van der Waals surface area contributed by atoms with Gasteiger partial charge in [0.1, 0.15) is 28.1 Å². The first kappa shape index (κ1) is 13.3. The Kier molecular flexibility index (Phi) is 3.93. The van der Waals surface area contributed by atoms with Crippen molar-refractivity contribution in [2.75, 3.05) is 6.54 Å². The Labute approximate surface area is 97.9 Å². The molecule has 1 aromatic rings. The van der Waals surface area contributed by atoms with Gasteiger partial charge in [-0.1, -0.05) is 6.07 Å². The summed E-state index contributed by atoms with van der Waals surface area (Å²) in [6.07, 6.45) is 0. The molecule has 1 aromatic carbocycles. The zero-order valence-electron chi connectivity index (χ0n) is 8.90. The molecular formula is C10H9FN2O3S. The standard InChI is InChI=1S/C10H9FN2O3S/c1-7(14)6-13-17(15,16)10-4-2-3-9(11)8(10)5-12/h2-4,13H,6H2,1H3. The molecule has 0 amide bonds. The average molecular weight is 256 g/mol. The van der Waals surface area contributed by atoms with E-state index in [1.807, 2.05) is 4.72 Å². The van der Waals surface area contributed by atoms with Crippen LogP contribution in [0.5, 0.6) is 0 Å². The number of sulfonamides is 1. The van der Waals surface area contributed by atoms with E-state index >= 15 is 0 Å². The SMILES string of the molecule is CC(=O)CNS(=O)(=O)c1cccc(F)c1C#N. The summed E-state index contributed by atoms with van der Waals surface area (Å²) in [5, 5.41) is 8.69. The Hall–Kier alpha value is -1.78. The Bertz CT molecular complexity index is 590. The smallest absolute Gasteiger partial charge is 0.242 e. The van der Waals surface area contributed by atoms with Crippen LogP contribution >= 0.6 is 0 Å². The maximum atomic E-state index is 13.2. The predicted octanol–water partition coefficient (Wildman–Crippen LogP) is 0.565. The lowest BCUT2D eigenvalue weighted by Gasteiger charge is -2.06. The maximum absolute atomic E-state index is 13.2. The molecule has 0 aromatic heterocycles. The highest BCUT2D eigenvalue weighted by atomic mass is 32.2. The zero-order valence-corrected chi connectivity index (χ0v) is 9.71. The number of nitrogens with one attached hydrogen (secondary N) is 1. The van der Waals surface area contributed by atoms with Crippen LogP contribution in [0.1, 0.15) is 12.5 Å². The number of hydrogen-bond acceptors (Lipinski definition) is 4. The van der Waals surface area contributed by atoms with Gasteiger partial charge in [0, 0.05) is 0 Å². The largest absolute Gasteiger partial charge is 0.299 e. The van der Waals surface area contributed by atoms with Crippen LogP contribution in [0.25, 0.3) is 0 Å². The van der Waals surface area contributed by atoms with Crippen LogP contribution in [0.15, 0.2) is 23.1 Å². The molecule has 1 N–H and O–H groups in total. The first-order valence-electron chi connectivity index (χ1n) is 4.56. The van der Waals surface area contributed by atoms with Gasteiger partial charge >= 0.3 is 0 Å². The molecule has 0 aliphatic carbocycles. The lowest BCUT2D eigenvalue weighted by atomic mass is 10.2. The molecule has 0 radical (unpaired) electrons. The van der Waals surface area contributed by atoms with Crippen LogP contribution in [-0.4, -0.2) is 20.7 Å². The van der Waals surface area contributed by atoms with Crippen molar-refractivity contribution < 1.29 is 17.6 Å². The number of rotatable bonds is 4. The minimum absolute atomic E-state index is 0.386. The minimum atomic E-state index is -4.05. The first-order valence-corrected chi connectivity index (χ1v) is 6.04. The highest BCUT2D eigenvalue weighted by Gasteiger charge is 2.21. The molecule has 0 atom stereocenters. The second-order valence-electron chi connectivity index (χ2n) is 3.25. The average Bonchev–Trinajstić information content (AvgIpc) is 2.26. The van der Waals surface area contributed by atoms with E-state index in [2.05, 4.69) is 0 Å². The fourth-order valence-corrected chi connectivity index (χ4v) is 2.33. The second kappa shape index (κ2) is 5.03. The van der Waals surface area contributed by atoms with Crippen LogP contribution in [0, 0.1) is 17.1 Å². The Morgan fingerprint density at radius 2 is 2.18 bits per heavy atom. The van der Waals surface area contributed by atoms with E-state index in [9.17, 15) is 17.6 Å².